The maximum atomic E-state index is 11.1. The fourth-order valence-electron chi connectivity index (χ4n) is 2.03. The Morgan fingerprint density at radius 2 is 2.36 bits per heavy atom. The lowest BCUT2D eigenvalue weighted by atomic mass is 9.79. The van der Waals surface area contributed by atoms with Crippen molar-refractivity contribution in [1.29, 1.82) is 0 Å². The molecule has 1 heterocycles. The summed E-state index contributed by atoms with van der Waals surface area (Å²) < 4.78 is 0. The van der Waals surface area contributed by atoms with Crippen molar-refractivity contribution in [3.63, 3.8) is 0 Å². The molecular weight excluding hydrogens is 184 g/mol. The van der Waals surface area contributed by atoms with Crippen LogP contribution in [0.25, 0.3) is 0 Å². The van der Waals surface area contributed by atoms with E-state index in [-0.39, 0.29) is 5.92 Å². The van der Waals surface area contributed by atoms with Crippen LogP contribution < -0.4 is 5.32 Å². The van der Waals surface area contributed by atoms with Gasteiger partial charge in [-0.05, 0) is 13.5 Å². The average Bonchev–Trinajstić information content (AvgIpc) is 2.10. The highest BCUT2D eigenvalue weighted by Gasteiger charge is 2.46. The number of rotatable bonds is 3. The number of hydrogen-bond acceptors (Lipinski definition) is 3. The summed E-state index contributed by atoms with van der Waals surface area (Å²) in [6.07, 6.45) is 0.939. The van der Waals surface area contributed by atoms with Crippen molar-refractivity contribution in [3.05, 3.63) is 0 Å². The largest absolute Gasteiger partial charge is 0.479 e. The van der Waals surface area contributed by atoms with E-state index in [0.717, 1.165) is 0 Å². The second-order valence-electron chi connectivity index (χ2n) is 3.95. The normalized spacial score (nSPS) is 33.7. The van der Waals surface area contributed by atoms with Crippen molar-refractivity contribution in [2.75, 3.05) is 20.1 Å². The van der Waals surface area contributed by atoms with E-state index in [1.807, 2.05) is 14.0 Å². The summed E-state index contributed by atoms with van der Waals surface area (Å²) >= 11 is 0. The SMILES string of the molecule is CC1CN(C)CCC1(NC=O)C(=O)O. The molecule has 5 heteroatoms. The smallest absolute Gasteiger partial charge is 0.329 e. The lowest BCUT2D eigenvalue weighted by Crippen LogP contribution is -2.62. The van der Waals surface area contributed by atoms with E-state index < -0.39 is 11.5 Å². The Bertz CT molecular complexity index is 244. The van der Waals surface area contributed by atoms with Gasteiger partial charge in [0, 0.05) is 19.0 Å². The summed E-state index contributed by atoms with van der Waals surface area (Å²) in [4.78, 5) is 23.6. The molecule has 0 aromatic carbocycles. The van der Waals surface area contributed by atoms with E-state index in [1.54, 1.807) is 0 Å². The van der Waals surface area contributed by atoms with Gasteiger partial charge in [-0.15, -0.1) is 0 Å². The lowest BCUT2D eigenvalue weighted by Gasteiger charge is -2.42. The second kappa shape index (κ2) is 3.96. The first-order chi connectivity index (χ1) is 6.53. The molecule has 0 radical (unpaired) electrons. The Hall–Kier alpha value is -1.10. The highest BCUT2D eigenvalue weighted by atomic mass is 16.4. The number of carbonyl (C=O) groups is 2. The van der Waals surface area contributed by atoms with Crippen LogP contribution in [0.1, 0.15) is 13.3 Å². The molecule has 0 spiro atoms. The van der Waals surface area contributed by atoms with Crippen LogP contribution in [0, 0.1) is 5.92 Å². The quantitative estimate of drug-likeness (QED) is 0.604. The Morgan fingerprint density at radius 3 is 2.79 bits per heavy atom. The number of hydrogen-bond donors (Lipinski definition) is 2. The van der Waals surface area contributed by atoms with Crippen LogP contribution in [-0.4, -0.2) is 48.1 Å². The van der Waals surface area contributed by atoms with Crippen LogP contribution in [0.15, 0.2) is 0 Å². The van der Waals surface area contributed by atoms with Gasteiger partial charge >= 0.3 is 5.97 Å². The van der Waals surface area contributed by atoms with Crippen LogP contribution in [-0.2, 0) is 9.59 Å². The van der Waals surface area contributed by atoms with E-state index in [0.29, 0.717) is 25.9 Å². The first-order valence-corrected chi connectivity index (χ1v) is 4.66. The maximum absolute atomic E-state index is 11.1. The first-order valence-electron chi connectivity index (χ1n) is 4.66. The van der Waals surface area contributed by atoms with Gasteiger partial charge in [-0.2, -0.15) is 0 Å². The molecule has 0 saturated carbocycles. The molecule has 1 aliphatic heterocycles. The number of amides is 1. The van der Waals surface area contributed by atoms with Crippen LogP contribution in [0.5, 0.6) is 0 Å². The molecule has 0 aromatic heterocycles. The van der Waals surface area contributed by atoms with Crippen molar-refractivity contribution in [2.24, 2.45) is 5.92 Å². The Balaban J connectivity index is 2.86. The van der Waals surface area contributed by atoms with E-state index >= 15 is 0 Å². The minimum absolute atomic E-state index is 0.0797. The summed E-state index contributed by atoms with van der Waals surface area (Å²) in [5, 5.41) is 11.6. The molecule has 5 nitrogen and oxygen atoms in total. The summed E-state index contributed by atoms with van der Waals surface area (Å²) in [5.74, 6) is -1.02. The molecule has 0 aliphatic carbocycles. The molecule has 2 unspecified atom stereocenters. The monoisotopic (exact) mass is 200 g/mol. The predicted octanol–water partition coefficient (Wildman–Crippen LogP) is -0.473. The van der Waals surface area contributed by atoms with Crippen LogP contribution >= 0.6 is 0 Å². The van der Waals surface area contributed by atoms with Gasteiger partial charge in [-0.3, -0.25) is 4.79 Å². The third-order valence-corrected chi connectivity index (χ3v) is 3.01. The highest BCUT2D eigenvalue weighted by Crippen LogP contribution is 2.27. The van der Waals surface area contributed by atoms with Gasteiger partial charge in [0.25, 0.3) is 0 Å². The van der Waals surface area contributed by atoms with Crippen LogP contribution in [0.2, 0.25) is 0 Å². The van der Waals surface area contributed by atoms with Gasteiger partial charge in [-0.25, -0.2) is 4.79 Å². The van der Waals surface area contributed by atoms with E-state index in [1.165, 1.54) is 0 Å². The molecule has 2 N–H and O–H groups in total. The van der Waals surface area contributed by atoms with Crippen molar-refractivity contribution >= 4 is 12.4 Å². The number of carboxylic acid groups (broad SMARTS) is 1. The van der Waals surface area contributed by atoms with Gasteiger partial charge in [-0.1, -0.05) is 6.92 Å². The molecule has 1 aliphatic rings. The van der Waals surface area contributed by atoms with Crippen molar-refractivity contribution in [3.8, 4) is 0 Å². The summed E-state index contributed by atoms with van der Waals surface area (Å²) in [5.41, 5.74) is -1.08. The zero-order chi connectivity index (χ0) is 10.8. The zero-order valence-electron chi connectivity index (χ0n) is 8.49. The van der Waals surface area contributed by atoms with Gasteiger partial charge in [0.2, 0.25) is 6.41 Å². The molecular formula is C9H16N2O3. The predicted molar refractivity (Wildman–Crippen MR) is 50.8 cm³/mol. The highest BCUT2D eigenvalue weighted by molar-refractivity contribution is 5.82. The third-order valence-electron chi connectivity index (χ3n) is 3.01. The zero-order valence-corrected chi connectivity index (χ0v) is 8.49. The molecule has 1 amide bonds. The van der Waals surface area contributed by atoms with Gasteiger partial charge < -0.3 is 15.3 Å². The lowest BCUT2D eigenvalue weighted by molar-refractivity contribution is -0.151. The van der Waals surface area contributed by atoms with Crippen LogP contribution in [0.4, 0.5) is 0 Å². The Kier molecular flexibility index (Phi) is 3.10. The van der Waals surface area contributed by atoms with E-state index in [2.05, 4.69) is 10.2 Å². The minimum Gasteiger partial charge on any atom is -0.479 e. The molecule has 0 aromatic rings. The number of carbonyl (C=O) groups excluding carboxylic acids is 1. The molecule has 1 fully saturated rings. The standard InChI is InChI=1S/C9H16N2O3/c1-7-5-11(2)4-3-9(7,8(13)14)10-6-12/h6-7H,3-5H2,1-2H3,(H,10,12)(H,13,14). The van der Waals surface area contributed by atoms with Crippen LogP contribution in [0.3, 0.4) is 0 Å². The second-order valence-corrected chi connectivity index (χ2v) is 3.95. The van der Waals surface area contributed by atoms with Gasteiger partial charge in [0.05, 0.1) is 0 Å². The topological polar surface area (TPSA) is 69.6 Å². The number of piperidine rings is 1. The summed E-state index contributed by atoms with van der Waals surface area (Å²) in [6, 6.07) is 0. The first kappa shape index (κ1) is 11.0. The molecule has 1 saturated heterocycles. The fourth-order valence-corrected chi connectivity index (χ4v) is 2.03. The van der Waals surface area contributed by atoms with E-state index in [9.17, 15) is 9.59 Å². The van der Waals surface area contributed by atoms with Gasteiger partial charge in [0.15, 0.2) is 0 Å². The van der Waals surface area contributed by atoms with Crippen molar-refractivity contribution in [2.45, 2.75) is 18.9 Å². The molecule has 14 heavy (non-hydrogen) atoms. The van der Waals surface area contributed by atoms with Crippen molar-refractivity contribution < 1.29 is 14.7 Å². The Morgan fingerprint density at radius 1 is 1.71 bits per heavy atom. The Labute approximate surface area is 83.1 Å². The van der Waals surface area contributed by atoms with Crippen molar-refractivity contribution in [1.82, 2.24) is 10.2 Å². The molecule has 80 valence electrons. The number of nitrogens with zero attached hydrogens (tertiary/aromatic N) is 1. The minimum atomic E-state index is -1.08. The number of nitrogens with one attached hydrogen (secondary N) is 1. The number of carboxylic acids is 1. The average molecular weight is 200 g/mol. The van der Waals surface area contributed by atoms with E-state index in [4.69, 9.17) is 5.11 Å². The maximum Gasteiger partial charge on any atom is 0.329 e. The molecule has 1 rings (SSSR count). The summed E-state index contributed by atoms with van der Waals surface area (Å²) in [7, 11) is 1.95. The number of likely N-dealkylation sites (tertiary alicyclic amines) is 1. The summed E-state index contributed by atoms with van der Waals surface area (Å²) in [6.45, 7) is 3.23. The molecule has 2 atom stereocenters. The fraction of sp³-hybridized carbons (Fsp3) is 0.778. The third kappa shape index (κ3) is 1.72. The number of aliphatic carboxylic acids is 1. The molecule has 0 bridgehead atoms. The van der Waals surface area contributed by atoms with Gasteiger partial charge in [0.1, 0.15) is 5.54 Å².